The molecule has 2 aromatic carbocycles. The van der Waals surface area contributed by atoms with E-state index in [1.54, 1.807) is 0 Å². The number of phenols is 2. The molecule has 112 valence electrons. The first-order valence-electron chi connectivity index (χ1n) is 6.07. The molecule has 2 bridgehead atoms. The number of hydrogen-bond acceptors (Lipinski definition) is 8. The fourth-order valence-electron chi connectivity index (χ4n) is 1.96. The Balaban J connectivity index is 2.75. The second-order valence-corrected chi connectivity index (χ2v) is 4.54. The van der Waals surface area contributed by atoms with E-state index >= 15 is 0 Å². The molecule has 0 saturated carbocycles. The van der Waals surface area contributed by atoms with E-state index in [4.69, 9.17) is 20.3 Å². The van der Waals surface area contributed by atoms with Crippen molar-refractivity contribution in [2.75, 3.05) is 11.5 Å². The molecular formula is C14H10N2O6. The summed E-state index contributed by atoms with van der Waals surface area (Å²) < 4.78 is 10.0. The molecule has 8 nitrogen and oxygen atoms in total. The standard InChI is InChI=1S/C14H10N2O6/c15-7-9(17)8(16)11-12(10(7)18)22-14(20)6-3-1-5(2-4-6)13(19)21-11/h1-4,17-18H,15-16H2. The summed E-state index contributed by atoms with van der Waals surface area (Å²) in [4.78, 5) is 24.1. The smallest absolute Gasteiger partial charge is 0.343 e. The van der Waals surface area contributed by atoms with Gasteiger partial charge in [-0.05, 0) is 24.3 Å². The average molecular weight is 302 g/mol. The van der Waals surface area contributed by atoms with Crippen LogP contribution < -0.4 is 22.7 Å². The molecule has 0 unspecified atom stereocenters. The van der Waals surface area contributed by atoms with Crippen molar-refractivity contribution in [1.82, 2.24) is 0 Å². The first-order chi connectivity index (χ1) is 10.4. The van der Waals surface area contributed by atoms with Crippen LogP contribution in [0.3, 0.4) is 0 Å². The van der Waals surface area contributed by atoms with Crippen molar-refractivity contribution in [2.45, 2.75) is 0 Å². The van der Waals surface area contributed by atoms with Crippen molar-refractivity contribution < 1.29 is 19.0 Å². The molecule has 0 amide bonds. The van der Waals surface area contributed by atoms with Crippen LogP contribution >= 0.6 is 0 Å². The van der Waals surface area contributed by atoms with Gasteiger partial charge in [-0.25, -0.2) is 9.59 Å². The molecule has 4 rings (SSSR count). The molecule has 0 aliphatic heterocycles. The van der Waals surface area contributed by atoms with E-state index in [1.165, 1.54) is 24.3 Å². The van der Waals surface area contributed by atoms with Crippen LogP contribution in [0.25, 0.3) is 21.9 Å². The van der Waals surface area contributed by atoms with Crippen LogP contribution in [-0.2, 0) is 0 Å². The molecule has 0 aliphatic carbocycles. The van der Waals surface area contributed by atoms with Gasteiger partial charge in [0.25, 0.3) is 0 Å². The SMILES string of the molecule is Nc1c(O)c(N)c2oc(=O)c3ccc(cc3)c(=O)oc2c1O. The van der Waals surface area contributed by atoms with Gasteiger partial charge in [0.2, 0.25) is 11.2 Å². The topological polar surface area (TPSA) is 153 Å². The van der Waals surface area contributed by atoms with Gasteiger partial charge in [0, 0.05) is 0 Å². The third-order valence-corrected chi connectivity index (χ3v) is 3.18. The predicted octanol–water partition coefficient (Wildman–Crippen LogP) is 1.04. The van der Waals surface area contributed by atoms with Crippen molar-refractivity contribution >= 4 is 33.3 Å². The number of nitrogen functional groups attached to an aromatic ring is 2. The van der Waals surface area contributed by atoms with E-state index in [1.807, 2.05) is 0 Å². The number of rotatable bonds is 0. The minimum absolute atomic E-state index is 0.147. The lowest BCUT2D eigenvalue weighted by Crippen LogP contribution is -2.03. The molecule has 0 radical (unpaired) electrons. The van der Waals surface area contributed by atoms with Gasteiger partial charge in [-0.3, -0.25) is 0 Å². The van der Waals surface area contributed by atoms with Crippen LogP contribution in [0.15, 0.2) is 42.7 Å². The molecule has 0 aliphatic rings. The fraction of sp³-hybridized carbons (Fsp3) is 0. The van der Waals surface area contributed by atoms with E-state index in [2.05, 4.69) is 0 Å². The fourth-order valence-corrected chi connectivity index (χ4v) is 1.96. The summed E-state index contributed by atoms with van der Waals surface area (Å²) in [5.74, 6) is -1.43. The predicted molar refractivity (Wildman–Crippen MR) is 79.5 cm³/mol. The van der Waals surface area contributed by atoms with Crippen LogP contribution in [0, 0.1) is 0 Å². The third kappa shape index (κ3) is 1.85. The Kier molecular flexibility index (Phi) is 2.81. The molecule has 8 heteroatoms. The van der Waals surface area contributed by atoms with Crippen molar-refractivity contribution in [3.63, 3.8) is 0 Å². The van der Waals surface area contributed by atoms with E-state index in [-0.39, 0.29) is 10.8 Å². The van der Waals surface area contributed by atoms with Crippen molar-refractivity contribution in [3.8, 4) is 11.5 Å². The zero-order valence-electron chi connectivity index (χ0n) is 11.0. The number of anilines is 2. The van der Waals surface area contributed by atoms with Crippen LogP contribution in [-0.4, -0.2) is 10.2 Å². The second kappa shape index (κ2) is 4.55. The normalized spacial score (nSPS) is 10.9. The van der Waals surface area contributed by atoms with Gasteiger partial charge in [-0.15, -0.1) is 0 Å². The lowest BCUT2D eigenvalue weighted by Gasteiger charge is -2.06. The Morgan fingerprint density at radius 2 is 1.18 bits per heavy atom. The summed E-state index contributed by atoms with van der Waals surface area (Å²) in [5.41, 5.74) is 7.54. The highest BCUT2D eigenvalue weighted by Gasteiger charge is 2.18. The Morgan fingerprint density at radius 1 is 0.727 bits per heavy atom. The first kappa shape index (κ1) is 13.6. The molecule has 0 saturated heterocycles. The molecule has 0 spiro atoms. The van der Waals surface area contributed by atoms with E-state index < -0.39 is 45.3 Å². The Morgan fingerprint density at radius 3 is 1.68 bits per heavy atom. The van der Waals surface area contributed by atoms with Gasteiger partial charge in [0.05, 0.1) is 10.8 Å². The number of aromatic hydroxyl groups is 2. The third-order valence-electron chi connectivity index (χ3n) is 3.18. The van der Waals surface area contributed by atoms with Crippen molar-refractivity contribution in [2.24, 2.45) is 0 Å². The van der Waals surface area contributed by atoms with Gasteiger partial charge in [-0.2, -0.15) is 0 Å². The number of phenolic OH excluding ortho intramolecular Hbond substituents is 2. The maximum Gasteiger partial charge on any atom is 0.343 e. The highest BCUT2D eigenvalue weighted by Crippen LogP contribution is 2.42. The Labute approximate surface area is 121 Å². The zero-order valence-corrected chi connectivity index (χ0v) is 11.0. The first-order valence-corrected chi connectivity index (χ1v) is 6.07. The number of hydrogen-bond donors (Lipinski definition) is 4. The molecule has 0 atom stereocenters. The summed E-state index contributed by atoms with van der Waals surface area (Å²) in [6, 6.07) is 5.48. The van der Waals surface area contributed by atoms with Gasteiger partial charge in [0.15, 0.2) is 11.5 Å². The van der Waals surface area contributed by atoms with E-state index in [9.17, 15) is 19.8 Å². The van der Waals surface area contributed by atoms with Crippen molar-refractivity contribution in [1.29, 1.82) is 0 Å². The summed E-state index contributed by atoms with van der Waals surface area (Å²) in [5, 5.41) is 20.0. The Bertz CT molecular complexity index is 959. The quantitative estimate of drug-likeness (QED) is 0.273. The van der Waals surface area contributed by atoms with Crippen LogP contribution in [0.4, 0.5) is 11.4 Å². The summed E-state index contributed by atoms with van der Waals surface area (Å²) in [7, 11) is 0. The summed E-state index contributed by atoms with van der Waals surface area (Å²) in [6.07, 6.45) is 0. The zero-order chi connectivity index (χ0) is 16.0. The minimum atomic E-state index is -0.814. The largest absolute Gasteiger partial charge is 0.504 e. The lowest BCUT2D eigenvalue weighted by atomic mass is 10.2. The van der Waals surface area contributed by atoms with E-state index in [0.29, 0.717) is 0 Å². The number of fused-ring (bicyclic) bond motifs is 4. The maximum atomic E-state index is 12.0. The molecule has 4 aromatic rings. The van der Waals surface area contributed by atoms with E-state index in [0.717, 1.165) is 0 Å². The summed E-state index contributed by atoms with van der Waals surface area (Å²) in [6.45, 7) is 0. The monoisotopic (exact) mass is 302 g/mol. The average Bonchev–Trinajstić information content (AvgIpc) is 2.53. The molecular weight excluding hydrogens is 292 g/mol. The highest BCUT2D eigenvalue weighted by molar-refractivity contribution is 5.97. The van der Waals surface area contributed by atoms with Crippen LogP contribution in [0.5, 0.6) is 11.5 Å². The maximum absolute atomic E-state index is 12.0. The number of nitrogens with two attached hydrogens (primary N) is 2. The molecule has 22 heavy (non-hydrogen) atoms. The molecule has 6 N–H and O–H groups in total. The van der Waals surface area contributed by atoms with Gasteiger partial charge >= 0.3 is 11.3 Å². The molecule has 2 heterocycles. The Hall–Kier alpha value is -3.42. The van der Waals surface area contributed by atoms with Gasteiger partial charge in [-0.1, -0.05) is 0 Å². The summed E-state index contributed by atoms with van der Waals surface area (Å²) >= 11 is 0. The molecule has 0 fully saturated rings. The van der Waals surface area contributed by atoms with Gasteiger partial charge in [0.1, 0.15) is 11.4 Å². The number of benzene rings is 2. The minimum Gasteiger partial charge on any atom is -0.504 e. The second-order valence-electron chi connectivity index (χ2n) is 4.54. The highest BCUT2D eigenvalue weighted by atomic mass is 16.4. The van der Waals surface area contributed by atoms with Gasteiger partial charge < -0.3 is 30.5 Å². The lowest BCUT2D eigenvalue weighted by molar-refractivity contribution is 0.441. The van der Waals surface area contributed by atoms with Crippen LogP contribution in [0.2, 0.25) is 0 Å². The van der Waals surface area contributed by atoms with Crippen molar-refractivity contribution in [3.05, 3.63) is 45.1 Å². The van der Waals surface area contributed by atoms with Crippen LogP contribution in [0.1, 0.15) is 0 Å². The molecule has 2 aromatic heterocycles.